The van der Waals surface area contributed by atoms with Gasteiger partial charge in [0.1, 0.15) is 5.40 Å². The van der Waals surface area contributed by atoms with Crippen LogP contribution in [0, 0.1) is 10.7 Å². The molecular weight excluding hydrogens is 350 g/mol. The summed E-state index contributed by atoms with van der Waals surface area (Å²) in [6.45, 7) is 2.99. The number of nitrogens with one attached hydrogen (secondary N) is 2. The molecule has 0 saturated carbocycles. The van der Waals surface area contributed by atoms with Crippen molar-refractivity contribution >= 4 is 23.5 Å². The van der Waals surface area contributed by atoms with E-state index in [1.54, 1.807) is 31.4 Å². The predicted molar refractivity (Wildman–Crippen MR) is 103 cm³/mol. The van der Waals surface area contributed by atoms with Gasteiger partial charge in [0.15, 0.2) is 11.5 Å². The van der Waals surface area contributed by atoms with Crippen LogP contribution >= 0.6 is 11.8 Å². The summed E-state index contributed by atoms with van der Waals surface area (Å²) in [7, 11) is 1.60. The van der Waals surface area contributed by atoms with Gasteiger partial charge in [-0.25, -0.2) is 4.79 Å². The van der Waals surface area contributed by atoms with Gasteiger partial charge < -0.3 is 20.1 Å². The minimum absolute atomic E-state index is 0.274. The Hall–Kier alpha value is -2.85. The first-order valence-electron chi connectivity index (χ1n) is 8.16. The maximum Gasteiger partial charge on any atom is 0.319 e. The van der Waals surface area contributed by atoms with Crippen LogP contribution in [0.25, 0.3) is 0 Å². The Kier molecular flexibility index (Phi) is 7.65. The van der Waals surface area contributed by atoms with Crippen molar-refractivity contribution in [3.8, 4) is 16.9 Å². The van der Waals surface area contributed by atoms with Gasteiger partial charge in [0.05, 0.1) is 13.7 Å². The molecule has 0 aliphatic carbocycles. The number of rotatable bonds is 8. The zero-order chi connectivity index (χ0) is 18.8. The van der Waals surface area contributed by atoms with Crippen molar-refractivity contribution in [1.82, 2.24) is 5.32 Å². The average Bonchev–Trinajstić information content (AvgIpc) is 2.65. The number of hydrogen-bond donors (Lipinski definition) is 2. The number of benzene rings is 2. The summed E-state index contributed by atoms with van der Waals surface area (Å²) in [4.78, 5) is 12.8. The highest BCUT2D eigenvalue weighted by atomic mass is 32.2. The fraction of sp³-hybridized carbons (Fsp3) is 0.263. The Morgan fingerprint density at radius 2 is 1.96 bits per heavy atom. The summed E-state index contributed by atoms with van der Waals surface area (Å²) < 4.78 is 10.8. The Morgan fingerprint density at radius 3 is 2.62 bits per heavy atom. The van der Waals surface area contributed by atoms with E-state index in [1.165, 1.54) is 0 Å². The lowest BCUT2D eigenvalue weighted by Crippen LogP contribution is -2.30. The fourth-order valence-corrected chi connectivity index (χ4v) is 2.67. The van der Waals surface area contributed by atoms with Crippen LogP contribution in [0.3, 0.4) is 0 Å². The number of ether oxygens (including phenoxy) is 2. The summed E-state index contributed by atoms with van der Waals surface area (Å²) in [6, 6.07) is 12.6. The molecule has 6 nitrogen and oxygen atoms in total. The van der Waals surface area contributed by atoms with Crippen molar-refractivity contribution in [2.75, 3.05) is 25.6 Å². The number of carbonyl (C=O) groups is 1. The van der Waals surface area contributed by atoms with Crippen LogP contribution in [0.4, 0.5) is 10.5 Å². The maximum absolute atomic E-state index is 12.0. The second kappa shape index (κ2) is 10.2. The van der Waals surface area contributed by atoms with Gasteiger partial charge in [-0.2, -0.15) is 5.26 Å². The van der Waals surface area contributed by atoms with E-state index < -0.39 is 0 Å². The van der Waals surface area contributed by atoms with Crippen LogP contribution in [0.5, 0.6) is 11.5 Å². The number of thiocyanates is 1. The molecule has 0 unspecified atom stereocenters. The molecule has 0 heterocycles. The third kappa shape index (κ3) is 5.90. The fourth-order valence-electron chi connectivity index (χ4n) is 2.30. The molecule has 2 rings (SSSR count). The monoisotopic (exact) mass is 371 g/mol. The van der Waals surface area contributed by atoms with E-state index in [2.05, 4.69) is 10.6 Å². The second-order valence-electron chi connectivity index (χ2n) is 5.27. The topological polar surface area (TPSA) is 83.4 Å². The molecule has 0 fully saturated rings. The van der Waals surface area contributed by atoms with E-state index in [1.807, 2.05) is 30.5 Å². The summed E-state index contributed by atoms with van der Waals surface area (Å²) in [5.74, 6) is 1.39. The van der Waals surface area contributed by atoms with Crippen molar-refractivity contribution in [3.05, 3.63) is 48.0 Å². The zero-order valence-corrected chi connectivity index (χ0v) is 15.6. The molecule has 2 amide bonds. The number of urea groups is 1. The van der Waals surface area contributed by atoms with Gasteiger partial charge in [-0.1, -0.05) is 6.07 Å². The summed E-state index contributed by atoms with van der Waals surface area (Å²) in [6.07, 6.45) is 0.675. The molecule has 0 spiro atoms. The quantitative estimate of drug-likeness (QED) is 0.541. The van der Waals surface area contributed by atoms with Gasteiger partial charge in [0.25, 0.3) is 0 Å². The standard InChI is InChI=1S/C19H21N3O3S/c1-3-25-17-9-4-14(12-18(17)24-2)10-11-21-19(23)22-15-5-7-16(8-6-15)26-13-20/h4-9,12H,3,10-11H2,1-2H3,(H2,21,22,23). The lowest BCUT2D eigenvalue weighted by Gasteiger charge is -2.11. The predicted octanol–water partition coefficient (Wildman–Crippen LogP) is 4.03. The molecule has 7 heteroatoms. The van der Waals surface area contributed by atoms with Gasteiger partial charge in [-0.05, 0) is 67.1 Å². The van der Waals surface area contributed by atoms with Gasteiger partial charge in [0, 0.05) is 17.1 Å². The molecule has 0 aliphatic heterocycles. The summed E-state index contributed by atoms with van der Waals surface area (Å²) >= 11 is 1.08. The van der Waals surface area contributed by atoms with Crippen molar-refractivity contribution in [2.24, 2.45) is 0 Å². The first-order chi connectivity index (χ1) is 12.7. The summed E-state index contributed by atoms with van der Waals surface area (Å²) in [5.41, 5.74) is 1.72. The van der Waals surface area contributed by atoms with Crippen LogP contribution in [-0.4, -0.2) is 26.3 Å². The number of nitrogens with zero attached hydrogens (tertiary/aromatic N) is 1. The van der Waals surface area contributed by atoms with Crippen molar-refractivity contribution in [3.63, 3.8) is 0 Å². The molecule has 0 saturated heterocycles. The third-order valence-electron chi connectivity index (χ3n) is 3.50. The van der Waals surface area contributed by atoms with Crippen LogP contribution in [-0.2, 0) is 6.42 Å². The van der Waals surface area contributed by atoms with Crippen molar-refractivity contribution in [2.45, 2.75) is 18.2 Å². The second-order valence-corrected chi connectivity index (χ2v) is 6.12. The highest BCUT2D eigenvalue weighted by molar-refractivity contribution is 8.03. The Balaban J connectivity index is 1.81. The van der Waals surface area contributed by atoms with Gasteiger partial charge in [-0.3, -0.25) is 0 Å². The maximum atomic E-state index is 12.0. The molecule has 0 atom stereocenters. The van der Waals surface area contributed by atoms with E-state index in [-0.39, 0.29) is 6.03 Å². The largest absolute Gasteiger partial charge is 0.493 e. The first kappa shape index (κ1) is 19.5. The first-order valence-corrected chi connectivity index (χ1v) is 8.98. The number of hydrogen-bond acceptors (Lipinski definition) is 5. The number of thioether (sulfide) groups is 1. The Bertz CT molecular complexity index is 773. The molecule has 0 aliphatic rings. The average molecular weight is 371 g/mol. The number of carbonyl (C=O) groups excluding carboxylic acids is 1. The third-order valence-corrected chi connectivity index (χ3v) is 4.10. The SMILES string of the molecule is CCOc1ccc(CCNC(=O)Nc2ccc(SC#N)cc2)cc1OC. The minimum Gasteiger partial charge on any atom is -0.493 e. The molecular formula is C19H21N3O3S. The molecule has 26 heavy (non-hydrogen) atoms. The van der Waals surface area contributed by atoms with Gasteiger partial charge >= 0.3 is 6.03 Å². The van der Waals surface area contributed by atoms with E-state index in [0.717, 1.165) is 22.2 Å². The Labute approximate surface area is 157 Å². The lowest BCUT2D eigenvalue weighted by atomic mass is 10.1. The van der Waals surface area contributed by atoms with Crippen molar-refractivity contribution < 1.29 is 14.3 Å². The van der Waals surface area contributed by atoms with Crippen LogP contribution in [0.2, 0.25) is 0 Å². The normalized spacial score (nSPS) is 9.88. The lowest BCUT2D eigenvalue weighted by molar-refractivity contribution is 0.252. The van der Waals surface area contributed by atoms with Crippen LogP contribution in [0.15, 0.2) is 47.4 Å². The van der Waals surface area contributed by atoms with Crippen molar-refractivity contribution in [1.29, 1.82) is 5.26 Å². The molecule has 136 valence electrons. The molecule has 2 aromatic carbocycles. The number of anilines is 1. The highest BCUT2D eigenvalue weighted by Crippen LogP contribution is 2.28. The number of nitriles is 1. The van der Waals surface area contributed by atoms with Gasteiger partial charge in [-0.15, -0.1) is 0 Å². The van der Waals surface area contributed by atoms with E-state index in [9.17, 15) is 4.79 Å². The molecule has 0 aromatic heterocycles. The van der Waals surface area contributed by atoms with Gasteiger partial charge in [0.2, 0.25) is 0 Å². The summed E-state index contributed by atoms with van der Waals surface area (Å²) in [5, 5.41) is 16.2. The highest BCUT2D eigenvalue weighted by Gasteiger charge is 2.06. The molecule has 0 bridgehead atoms. The Morgan fingerprint density at radius 1 is 1.19 bits per heavy atom. The molecule has 0 radical (unpaired) electrons. The van der Waals surface area contributed by atoms with E-state index >= 15 is 0 Å². The van der Waals surface area contributed by atoms with Crippen LogP contribution in [0.1, 0.15) is 12.5 Å². The molecule has 2 N–H and O–H groups in total. The minimum atomic E-state index is -0.274. The van der Waals surface area contributed by atoms with E-state index in [4.69, 9.17) is 14.7 Å². The van der Waals surface area contributed by atoms with Crippen LogP contribution < -0.4 is 20.1 Å². The molecule has 2 aromatic rings. The zero-order valence-electron chi connectivity index (χ0n) is 14.7. The van der Waals surface area contributed by atoms with E-state index in [0.29, 0.717) is 36.8 Å². The number of amides is 2. The smallest absolute Gasteiger partial charge is 0.319 e. The number of methoxy groups -OCH3 is 1.